The number of hydrogen-bond acceptors (Lipinski definition) is 5. The zero-order valence-corrected chi connectivity index (χ0v) is 16.8. The predicted molar refractivity (Wildman–Crippen MR) is 112 cm³/mol. The molecule has 0 atom stereocenters. The van der Waals surface area contributed by atoms with Crippen LogP contribution < -0.4 is 15.5 Å². The fourth-order valence-corrected chi connectivity index (χ4v) is 3.38. The number of anilines is 4. The Kier molecular flexibility index (Phi) is 5.75. The largest absolute Gasteiger partial charge is 0.356 e. The van der Waals surface area contributed by atoms with E-state index in [1.54, 1.807) is 24.3 Å². The summed E-state index contributed by atoms with van der Waals surface area (Å²) in [6.45, 7) is 3.86. The zero-order chi connectivity index (χ0) is 22.0. The molecule has 1 aromatic heterocycles. The molecule has 2 heterocycles. The maximum atomic E-state index is 13.8. The number of nitrogens with zero attached hydrogens (tertiary/aromatic N) is 3. The Morgan fingerprint density at radius 3 is 2.32 bits per heavy atom. The van der Waals surface area contributed by atoms with Crippen molar-refractivity contribution < 1.29 is 18.0 Å². The van der Waals surface area contributed by atoms with Gasteiger partial charge in [0.1, 0.15) is 5.82 Å². The zero-order valence-electron chi connectivity index (χ0n) is 16.8. The lowest BCUT2D eigenvalue weighted by molar-refractivity contribution is 0.102. The molecule has 1 aliphatic rings. The SMILES string of the molecule is Cc1cc(N2CCCC2)nc(Nc2ccc(NC(=O)c3ccc(F)c(F)c3F)cc2)n1. The van der Waals surface area contributed by atoms with Crippen LogP contribution in [0.2, 0.25) is 0 Å². The molecule has 0 saturated carbocycles. The molecule has 1 amide bonds. The second-order valence-corrected chi connectivity index (χ2v) is 7.26. The standard InChI is InChI=1S/C22H20F3N5O/c1-13-12-18(30-10-2-3-11-30)29-22(26-13)28-15-6-4-14(5-7-15)27-21(31)16-8-9-17(23)20(25)19(16)24/h4-9,12H,2-3,10-11H2,1H3,(H,27,31)(H,26,28,29). The highest BCUT2D eigenvalue weighted by Gasteiger charge is 2.19. The average Bonchev–Trinajstić information content (AvgIpc) is 3.28. The van der Waals surface area contributed by atoms with Gasteiger partial charge in [-0.15, -0.1) is 0 Å². The van der Waals surface area contributed by atoms with Crippen LogP contribution in [-0.2, 0) is 0 Å². The molecule has 0 unspecified atom stereocenters. The lowest BCUT2D eigenvalue weighted by Crippen LogP contribution is -2.19. The molecule has 2 aromatic carbocycles. The second-order valence-electron chi connectivity index (χ2n) is 7.26. The molecule has 9 heteroatoms. The Balaban J connectivity index is 1.45. The fourth-order valence-electron chi connectivity index (χ4n) is 3.38. The summed E-state index contributed by atoms with van der Waals surface area (Å²) in [5, 5.41) is 5.59. The van der Waals surface area contributed by atoms with Crippen LogP contribution in [0, 0.1) is 24.4 Å². The monoisotopic (exact) mass is 427 g/mol. The van der Waals surface area contributed by atoms with Crippen LogP contribution in [0.4, 0.5) is 36.3 Å². The smallest absolute Gasteiger partial charge is 0.258 e. The van der Waals surface area contributed by atoms with Gasteiger partial charge in [-0.25, -0.2) is 18.2 Å². The number of halogens is 3. The van der Waals surface area contributed by atoms with E-state index in [9.17, 15) is 18.0 Å². The average molecular weight is 427 g/mol. The summed E-state index contributed by atoms with van der Waals surface area (Å²) in [5.41, 5.74) is 1.32. The van der Waals surface area contributed by atoms with Crippen LogP contribution in [-0.4, -0.2) is 29.0 Å². The van der Waals surface area contributed by atoms with E-state index >= 15 is 0 Å². The predicted octanol–water partition coefficient (Wildman–Crippen LogP) is 4.80. The lowest BCUT2D eigenvalue weighted by Gasteiger charge is -2.17. The van der Waals surface area contributed by atoms with Gasteiger partial charge in [0, 0.05) is 36.2 Å². The number of hydrogen-bond donors (Lipinski definition) is 2. The Bertz CT molecular complexity index is 1110. The van der Waals surface area contributed by atoms with Crippen molar-refractivity contribution in [2.45, 2.75) is 19.8 Å². The second kappa shape index (κ2) is 8.63. The maximum absolute atomic E-state index is 13.8. The van der Waals surface area contributed by atoms with Crippen molar-refractivity contribution in [2.75, 3.05) is 28.6 Å². The lowest BCUT2D eigenvalue weighted by atomic mass is 10.1. The van der Waals surface area contributed by atoms with E-state index in [-0.39, 0.29) is 0 Å². The number of aryl methyl sites for hydroxylation is 1. The minimum absolute atomic E-state index is 0.364. The molecular weight excluding hydrogens is 407 g/mol. The highest BCUT2D eigenvalue weighted by Crippen LogP contribution is 2.23. The first kappa shape index (κ1) is 20.6. The number of benzene rings is 2. The Morgan fingerprint density at radius 1 is 0.935 bits per heavy atom. The Labute approximate surface area is 177 Å². The minimum Gasteiger partial charge on any atom is -0.356 e. The third-order valence-electron chi connectivity index (χ3n) is 4.95. The van der Waals surface area contributed by atoms with Gasteiger partial charge in [-0.3, -0.25) is 4.79 Å². The molecule has 2 N–H and O–H groups in total. The first-order valence-corrected chi connectivity index (χ1v) is 9.83. The van der Waals surface area contributed by atoms with Crippen LogP contribution in [0.3, 0.4) is 0 Å². The van der Waals surface area contributed by atoms with E-state index in [0.29, 0.717) is 23.4 Å². The molecule has 1 saturated heterocycles. The number of carbonyl (C=O) groups excluding carboxylic acids is 1. The Hall–Kier alpha value is -3.62. The first-order valence-electron chi connectivity index (χ1n) is 9.83. The third-order valence-corrected chi connectivity index (χ3v) is 4.95. The molecule has 4 rings (SSSR count). The van der Waals surface area contributed by atoms with Gasteiger partial charge in [0.05, 0.1) is 5.56 Å². The highest BCUT2D eigenvalue weighted by atomic mass is 19.2. The van der Waals surface area contributed by atoms with Crippen LogP contribution >= 0.6 is 0 Å². The summed E-state index contributed by atoms with van der Waals surface area (Å²) in [6, 6.07) is 10.1. The third kappa shape index (κ3) is 4.60. The molecule has 0 radical (unpaired) electrons. The van der Waals surface area contributed by atoms with Gasteiger partial charge in [-0.2, -0.15) is 4.98 Å². The van der Waals surface area contributed by atoms with E-state index in [0.717, 1.165) is 43.5 Å². The topological polar surface area (TPSA) is 70.2 Å². The number of rotatable bonds is 5. The normalized spacial score (nSPS) is 13.4. The van der Waals surface area contributed by atoms with Gasteiger partial charge >= 0.3 is 0 Å². The van der Waals surface area contributed by atoms with Crippen LogP contribution in [0.25, 0.3) is 0 Å². The molecule has 0 spiro atoms. The van der Waals surface area contributed by atoms with Crippen molar-refractivity contribution in [1.82, 2.24) is 9.97 Å². The van der Waals surface area contributed by atoms with Gasteiger partial charge in [-0.05, 0) is 56.2 Å². The van der Waals surface area contributed by atoms with Crippen LogP contribution in [0.5, 0.6) is 0 Å². The summed E-state index contributed by atoms with van der Waals surface area (Å²) >= 11 is 0. The summed E-state index contributed by atoms with van der Waals surface area (Å²) < 4.78 is 40.2. The van der Waals surface area contributed by atoms with Crippen LogP contribution in [0.1, 0.15) is 28.9 Å². The molecule has 6 nitrogen and oxygen atoms in total. The van der Waals surface area contributed by atoms with Gasteiger partial charge in [0.25, 0.3) is 5.91 Å². The fraction of sp³-hybridized carbons (Fsp3) is 0.227. The van der Waals surface area contributed by atoms with E-state index < -0.39 is 28.9 Å². The summed E-state index contributed by atoms with van der Waals surface area (Å²) in [4.78, 5) is 23.4. The van der Waals surface area contributed by atoms with Gasteiger partial charge in [0.2, 0.25) is 5.95 Å². The number of carbonyl (C=O) groups is 1. The minimum atomic E-state index is -1.68. The van der Waals surface area contributed by atoms with Gasteiger partial charge < -0.3 is 15.5 Å². The summed E-state index contributed by atoms with van der Waals surface area (Å²) in [5.74, 6) is -4.10. The van der Waals surface area contributed by atoms with Crippen molar-refractivity contribution in [2.24, 2.45) is 0 Å². The quantitative estimate of drug-likeness (QED) is 0.573. The van der Waals surface area contributed by atoms with Crippen molar-refractivity contribution in [3.63, 3.8) is 0 Å². The molecule has 0 bridgehead atoms. The van der Waals surface area contributed by atoms with Crippen molar-refractivity contribution in [3.8, 4) is 0 Å². The van der Waals surface area contributed by atoms with Gasteiger partial charge in [0.15, 0.2) is 17.5 Å². The number of amides is 1. The highest BCUT2D eigenvalue weighted by molar-refractivity contribution is 6.04. The molecule has 0 aliphatic carbocycles. The molecule has 31 heavy (non-hydrogen) atoms. The maximum Gasteiger partial charge on any atom is 0.258 e. The molecule has 3 aromatic rings. The van der Waals surface area contributed by atoms with Gasteiger partial charge in [-0.1, -0.05) is 0 Å². The Morgan fingerprint density at radius 2 is 1.61 bits per heavy atom. The van der Waals surface area contributed by atoms with Crippen molar-refractivity contribution in [1.29, 1.82) is 0 Å². The van der Waals surface area contributed by atoms with E-state index in [4.69, 9.17) is 0 Å². The van der Waals surface area contributed by atoms with E-state index in [1.807, 2.05) is 13.0 Å². The number of nitrogens with one attached hydrogen (secondary N) is 2. The van der Waals surface area contributed by atoms with E-state index in [2.05, 4.69) is 25.5 Å². The van der Waals surface area contributed by atoms with Crippen LogP contribution in [0.15, 0.2) is 42.5 Å². The first-order chi connectivity index (χ1) is 14.9. The van der Waals surface area contributed by atoms with Crippen molar-refractivity contribution >= 4 is 29.0 Å². The van der Waals surface area contributed by atoms with Crippen molar-refractivity contribution in [3.05, 3.63) is 71.2 Å². The summed E-state index contributed by atoms with van der Waals surface area (Å²) in [6.07, 6.45) is 2.29. The van der Waals surface area contributed by atoms with E-state index in [1.165, 1.54) is 0 Å². The molecule has 1 aliphatic heterocycles. The summed E-state index contributed by atoms with van der Waals surface area (Å²) in [7, 11) is 0. The molecule has 1 fully saturated rings. The molecular formula is C22H20F3N5O. The molecule has 160 valence electrons. The number of aromatic nitrogens is 2.